The molecule has 0 saturated carbocycles. The second-order valence-electron chi connectivity index (χ2n) is 5.91. The van der Waals surface area contributed by atoms with Gasteiger partial charge in [-0.15, -0.1) is 11.8 Å². The molecule has 1 aromatic rings. The largest absolute Gasteiger partial charge is 0.455 e. The van der Waals surface area contributed by atoms with Gasteiger partial charge in [-0.05, 0) is 32.2 Å². The molecule has 1 unspecified atom stereocenters. The molecule has 4 aliphatic rings. The van der Waals surface area contributed by atoms with Crippen LogP contribution in [0.5, 0.6) is 0 Å². The smallest absolute Gasteiger partial charge is 0.291 e. The summed E-state index contributed by atoms with van der Waals surface area (Å²) < 4.78 is 6.21. The lowest BCUT2D eigenvalue weighted by atomic mass is 9.75. The number of thioether (sulfide) groups is 1. The van der Waals surface area contributed by atoms with Gasteiger partial charge < -0.3 is 4.74 Å². The normalized spacial score (nSPS) is 33.9. The predicted octanol–water partition coefficient (Wildman–Crippen LogP) is 1.46. The van der Waals surface area contributed by atoms with Gasteiger partial charge in [-0.1, -0.05) is 0 Å². The molecule has 3 fully saturated rings. The van der Waals surface area contributed by atoms with Gasteiger partial charge in [0.1, 0.15) is 10.6 Å². The highest BCUT2D eigenvalue weighted by atomic mass is 32.2. The number of anilines is 1. The summed E-state index contributed by atoms with van der Waals surface area (Å²) in [5.41, 5.74) is -0.106. The maximum absolute atomic E-state index is 6.21. The monoisotopic (exact) mass is 305 g/mol. The van der Waals surface area contributed by atoms with Crippen molar-refractivity contribution in [2.45, 2.75) is 23.5 Å². The molecule has 0 aromatic carbocycles. The molecule has 5 rings (SSSR count). The van der Waals surface area contributed by atoms with Crippen molar-refractivity contribution in [3.05, 3.63) is 12.4 Å². The molecule has 7 heteroatoms. The molecule has 0 aliphatic carbocycles. The molecule has 4 aliphatic heterocycles. The predicted molar refractivity (Wildman–Crippen MR) is 82.7 cm³/mol. The fourth-order valence-corrected chi connectivity index (χ4v) is 3.86. The lowest BCUT2D eigenvalue weighted by molar-refractivity contribution is -0.0829. The van der Waals surface area contributed by atoms with E-state index < -0.39 is 0 Å². The Labute approximate surface area is 128 Å². The minimum absolute atomic E-state index is 0.106. The van der Waals surface area contributed by atoms with Crippen LogP contribution in [0, 0.1) is 5.92 Å². The molecule has 3 saturated heterocycles. The first kappa shape index (κ1) is 13.3. The van der Waals surface area contributed by atoms with E-state index in [2.05, 4.69) is 25.2 Å². The van der Waals surface area contributed by atoms with Crippen LogP contribution in [0.3, 0.4) is 0 Å². The standard InChI is InChI=1S/C14H19N5OS/c1-21-12-7-15-11(6-16-12)18-13-17-8-14(20-13)9-19-4-2-10(14)3-5-19/h6-7,10H,2-5,8-9H2,1H3,(H,15,17,18). The summed E-state index contributed by atoms with van der Waals surface area (Å²) in [6, 6.07) is 0.593. The van der Waals surface area contributed by atoms with Crippen LogP contribution in [0.1, 0.15) is 12.8 Å². The Kier molecular flexibility index (Phi) is 3.26. The molecule has 2 bridgehead atoms. The highest BCUT2D eigenvalue weighted by Crippen LogP contribution is 2.40. The maximum atomic E-state index is 6.21. The van der Waals surface area contributed by atoms with Gasteiger partial charge in [0.2, 0.25) is 0 Å². The number of aliphatic imine (C=N–C) groups is 1. The molecule has 1 spiro atoms. The lowest BCUT2D eigenvalue weighted by Gasteiger charge is -2.50. The Morgan fingerprint density at radius 1 is 1.33 bits per heavy atom. The van der Waals surface area contributed by atoms with Crippen molar-refractivity contribution >= 4 is 23.6 Å². The van der Waals surface area contributed by atoms with E-state index in [0.717, 1.165) is 18.1 Å². The SMILES string of the molecule is CSc1cnc(NC2=NCC3(CN4CCC3CC4)O2)cn1. The number of hydrogen-bond acceptors (Lipinski definition) is 7. The van der Waals surface area contributed by atoms with E-state index in [0.29, 0.717) is 17.8 Å². The van der Waals surface area contributed by atoms with Gasteiger partial charge in [0.05, 0.1) is 18.9 Å². The number of amidine groups is 1. The van der Waals surface area contributed by atoms with Crippen LogP contribution in [0.15, 0.2) is 22.4 Å². The van der Waals surface area contributed by atoms with E-state index >= 15 is 0 Å². The molecule has 0 amide bonds. The van der Waals surface area contributed by atoms with Gasteiger partial charge in [0.25, 0.3) is 6.02 Å². The van der Waals surface area contributed by atoms with Crippen LogP contribution in [0.25, 0.3) is 0 Å². The number of nitrogens with zero attached hydrogens (tertiary/aromatic N) is 4. The number of aromatic nitrogens is 2. The maximum Gasteiger partial charge on any atom is 0.291 e. The fraction of sp³-hybridized carbons (Fsp3) is 0.643. The molecule has 1 aromatic heterocycles. The first-order valence-electron chi connectivity index (χ1n) is 7.36. The van der Waals surface area contributed by atoms with Crippen molar-refractivity contribution in [2.24, 2.45) is 10.9 Å². The molecule has 1 N–H and O–H groups in total. The average molecular weight is 305 g/mol. The Morgan fingerprint density at radius 3 is 2.81 bits per heavy atom. The van der Waals surface area contributed by atoms with Crippen molar-refractivity contribution in [1.29, 1.82) is 0 Å². The number of piperidine rings is 3. The van der Waals surface area contributed by atoms with Crippen LogP contribution in [0.4, 0.5) is 5.82 Å². The Morgan fingerprint density at radius 2 is 2.19 bits per heavy atom. The molecule has 5 heterocycles. The summed E-state index contributed by atoms with van der Waals surface area (Å²) >= 11 is 1.58. The molecule has 0 radical (unpaired) electrons. The molecular weight excluding hydrogens is 286 g/mol. The second-order valence-corrected chi connectivity index (χ2v) is 6.73. The van der Waals surface area contributed by atoms with E-state index in [4.69, 9.17) is 4.74 Å². The van der Waals surface area contributed by atoms with Crippen molar-refractivity contribution in [3.8, 4) is 0 Å². The van der Waals surface area contributed by atoms with Crippen LogP contribution in [-0.4, -0.2) is 58.9 Å². The van der Waals surface area contributed by atoms with Crippen LogP contribution in [-0.2, 0) is 4.74 Å². The van der Waals surface area contributed by atoms with E-state index in [1.165, 1.54) is 25.9 Å². The second kappa shape index (κ2) is 5.14. The topological polar surface area (TPSA) is 62.6 Å². The number of rotatable bonds is 2. The van der Waals surface area contributed by atoms with E-state index in [-0.39, 0.29) is 5.60 Å². The number of fused-ring (bicyclic) bond motifs is 2. The lowest BCUT2D eigenvalue weighted by Crippen LogP contribution is -2.61. The summed E-state index contributed by atoms with van der Waals surface area (Å²) in [5, 5.41) is 4.06. The summed E-state index contributed by atoms with van der Waals surface area (Å²) in [5.74, 6) is 1.32. The average Bonchev–Trinajstić information content (AvgIpc) is 2.91. The van der Waals surface area contributed by atoms with Gasteiger partial charge >= 0.3 is 0 Å². The Hall–Kier alpha value is -1.34. The van der Waals surface area contributed by atoms with Gasteiger partial charge in [-0.2, -0.15) is 0 Å². The van der Waals surface area contributed by atoms with Crippen LogP contribution in [0.2, 0.25) is 0 Å². The van der Waals surface area contributed by atoms with Crippen LogP contribution < -0.4 is 5.32 Å². The van der Waals surface area contributed by atoms with E-state index in [1.54, 1.807) is 24.2 Å². The van der Waals surface area contributed by atoms with Gasteiger partial charge in [0, 0.05) is 12.5 Å². The third kappa shape index (κ3) is 2.38. The summed E-state index contributed by atoms with van der Waals surface area (Å²) in [6.07, 6.45) is 7.92. The highest BCUT2D eigenvalue weighted by molar-refractivity contribution is 7.98. The van der Waals surface area contributed by atoms with Gasteiger partial charge in [-0.25, -0.2) is 15.0 Å². The Bertz CT molecular complexity index is 555. The van der Waals surface area contributed by atoms with E-state index in [1.807, 2.05) is 6.26 Å². The third-order valence-corrected chi connectivity index (χ3v) is 5.31. The Balaban J connectivity index is 1.44. The zero-order valence-corrected chi connectivity index (χ0v) is 12.9. The molecule has 1 atom stereocenters. The van der Waals surface area contributed by atoms with Crippen molar-refractivity contribution in [2.75, 3.05) is 37.8 Å². The van der Waals surface area contributed by atoms with Gasteiger partial charge in [-0.3, -0.25) is 10.2 Å². The van der Waals surface area contributed by atoms with Crippen molar-refractivity contribution in [3.63, 3.8) is 0 Å². The van der Waals surface area contributed by atoms with Crippen molar-refractivity contribution in [1.82, 2.24) is 14.9 Å². The first-order valence-corrected chi connectivity index (χ1v) is 8.59. The summed E-state index contributed by atoms with van der Waals surface area (Å²) in [7, 11) is 0. The fourth-order valence-electron chi connectivity index (χ4n) is 3.54. The highest BCUT2D eigenvalue weighted by Gasteiger charge is 2.51. The van der Waals surface area contributed by atoms with Crippen molar-refractivity contribution < 1.29 is 4.74 Å². The number of ether oxygens (including phenoxy) is 1. The molecule has 112 valence electrons. The summed E-state index contributed by atoms with van der Waals surface area (Å²) in [4.78, 5) is 15.7. The summed E-state index contributed by atoms with van der Waals surface area (Å²) in [6.45, 7) is 4.18. The minimum Gasteiger partial charge on any atom is -0.455 e. The minimum atomic E-state index is -0.106. The quantitative estimate of drug-likeness (QED) is 0.835. The third-order valence-electron chi connectivity index (χ3n) is 4.69. The molecular formula is C14H19N5OS. The molecule has 6 nitrogen and oxygen atoms in total. The van der Waals surface area contributed by atoms with Crippen LogP contribution >= 0.6 is 11.8 Å². The molecule has 21 heavy (non-hydrogen) atoms. The van der Waals surface area contributed by atoms with E-state index in [9.17, 15) is 0 Å². The zero-order valence-electron chi connectivity index (χ0n) is 12.1. The first-order chi connectivity index (χ1) is 10.3. The number of hydrogen-bond donors (Lipinski definition) is 1. The van der Waals surface area contributed by atoms with Gasteiger partial charge in [0.15, 0.2) is 5.82 Å². The number of nitrogens with one attached hydrogen (secondary N) is 1. The zero-order chi connectivity index (χ0) is 14.3.